The Balaban J connectivity index is 1.81. The summed E-state index contributed by atoms with van der Waals surface area (Å²) in [6.45, 7) is 5.67. The average Bonchev–Trinajstić information content (AvgIpc) is 3.44. The molecule has 3 aromatic rings. The fourth-order valence-electron chi connectivity index (χ4n) is 5.71. The molecule has 1 aromatic carbocycles. The van der Waals surface area contributed by atoms with Gasteiger partial charge < -0.3 is 10.6 Å². The summed E-state index contributed by atoms with van der Waals surface area (Å²) in [7, 11) is 1.73. The van der Waals surface area contributed by atoms with Crippen LogP contribution in [0.5, 0.6) is 0 Å². The smallest absolute Gasteiger partial charge is 0.240 e. The molecule has 2 aromatic heterocycles. The van der Waals surface area contributed by atoms with Crippen molar-refractivity contribution in [2.45, 2.75) is 51.6 Å². The number of amides is 2. The molecule has 2 aliphatic rings. The molecule has 36 heavy (non-hydrogen) atoms. The van der Waals surface area contributed by atoms with Gasteiger partial charge in [0, 0.05) is 34.9 Å². The number of likely N-dealkylation sites (tertiary alicyclic amines) is 1. The van der Waals surface area contributed by atoms with Crippen molar-refractivity contribution < 1.29 is 14.4 Å². The van der Waals surface area contributed by atoms with E-state index in [-0.39, 0.29) is 17.6 Å². The normalized spacial score (nSPS) is 23.8. The van der Waals surface area contributed by atoms with E-state index in [0.29, 0.717) is 22.0 Å². The number of thiophene rings is 1. The molecule has 1 saturated carbocycles. The van der Waals surface area contributed by atoms with E-state index in [9.17, 15) is 14.4 Å². The number of primary amides is 1. The number of carbonyl (C=O) groups excluding carboxylic acids is 3. The zero-order valence-corrected chi connectivity index (χ0v) is 22.3. The molecule has 5 rings (SSSR count). The highest BCUT2D eigenvalue weighted by atomic mass is 35.5. The molecule has 2 N–H and O–H groups in total. The monoisotopic (exact) mass is 524 g/mol. The second kappa shape index (κ2) is 9.16. The van der Waals surface area contributed by atoms with Crippen molar-refractivity contribution in [2.75, 3.05) is 0 Å². The highest BCUT2D eigenvalue weighted by Crippen LogP contribution is 2.55. The summed E-state index contributed by atoms with van der Waals surface area (Å²) in [6, 6.07) is 7.63. The number of hydrogen-bond donors (Lipinski definition) is 1. The van der Waals surface area contributed by atoms with Crippen LogP contribution in [-0.4, -0.2) is 38.3 Å². The summed E-state index contributed by atoms with van der Waals surface area (Å²) in [5, 5.41) is 6.78. The van der Waals surface area contributed by atoms with Crippen LogP contribution in [0.25, 0.3) is 0 Å². The van der Waals surface area contributed by atoms with Gasteiger partial charge in [-0.3, -0.25) is 19.1 Å². The molecule has 0 spiro atoms. The third kappa shape index (κ3) is 3.87. The van der Waals surface area contributed by atoms with Crippen molar-refractivity contribution >= 4 is 40.5 Å². The molecule has 2 fully saturated rings. The Labute approximate surface area is 219 Å². The number of benzene rings is 1. The fraction of sp³-hybridized carbons (Fsp3) is 0.407. The van der Waals surface area contributed by atoms with Gasteiger partial charge in [-0.1, -0.05) is 35.9 Å². The van der Waals surface area contributed by atoms with Gasteiger partial charge in [0.05, 0.1) is 17.7 Å². The van der Waals surface area contributed by atoms with Crippen molar-refractivity contribution in [3.05, 3.63) is 73.7 Å². The van der Waals surface area contributed by atoms with Crippen LogP contribution in [-0.2, 0) is 16.6 Å². The minimum Gasteiger partial charge on any atom is -0.368 e. The molecule has 9 heteroatoms. The van der Waals surface area contributed by atoms with Gasteiger partial charge in [-0.15, -0.1) is 11.3 Å². The molecular formula is C27H29ClN4O3S. The van der Waals surface area contributed by atoms with Crippen LogP contribution in [0.15, 0.2) is 35.7 Å². The van der Waals surface area contributed by atoms with Gasteiger partial charge in [0.2, 0.25) is 11.8 Å². The van der Waals surface area contributed by atoms with E-state index in [2.05, 4.69) is 5.10 Å². The fourth-order valence-corrected chi connectivity index (χ4v) is 7.10. The van der Waals surface area contributed by atoms with E-state index in [4.69, 9.17) is 17.3 Å². The van der Waals surface area contributed by atoms with E-state index < -0.39 is 29.8 Å². The Morgan fingerprint density at radius 3 is 2.31 bits per heavy atom. The molecule has 7 nitrogen and oxygen atoms in total. The number of hydrogen-bond acceptors (Lipinski definition) is 5. The maximum atomic E-state index is 14.5. The van der Waals surface area contributed by atoms with Crippen LogP contribution in [0, 0.1) is 32.6 Å². The molecule has 1 aliphatic carbocycles. The third-order valence-corrected chi connectivity index (χ3v) is 9.12. The Morgan fingerprint density at radius 2 is 1.78 bits per heavy atom. The quantitative estimate of drug-likeness (QED) is 0.480. The SMILES string of the molecule is Cc1ccccc1C(=O)C1C(c2sccc2C)C(C(N)=O)N(C(=O)C2CC2)C1c1c(C)nn(C)c1Cl. The summed E-state index contributed by atoms with van der Waals surface area (Å²) >= 11 is 8.26. The predicted molar refractivity (Wildman–Crippen MR) is 139 cm³/mol. The lowest BCUT2D eigenvalue weighted by molar-refractivity contribution is -0.140. The zero-order chi connectivity index (χ0) is 25.9. The molecule has 1 aliphatic heterocycles. The second-order valence-corrected chi connectivity index (χ2v) is 11.2. The van der Waals surface area contributed by atoms with Crippen LogP contribution in [0.1, 0.15) is 62.4 Å². The van der Waals surface area contributed by atoms with Crippen LogP contribution in [0.4, 0.5) is 0 Å². The molecule has 3 heterocycles. The number of rotatable bonds is 6. The largest absolute Gasteiger partial charge is 0.368 e. The molecule has 2 amide bonds. The number of halogens is 1. The van der Waals surface area contributed by atoms with E-state index in [1.54, 1.807) is 22.7 Å². The van der Waals surface area contributed by atoms with Crippen molar-refractivity contribution in [3.8, 4) is 0 Å². The lowest BCUT2D eigenvalue weighted by atomic mass is 9.77. The van der Waals surface area contributed by atoms with Crippen molar-refractivity contribution in [2.24, 2.45) is 24.6 Å². The minimum absolute atomic E-state index is 0.132. The van der Waals surface area contributed by atoms with E-state index >= 15 is 0 Å². The lowest BCUT2D eigenvalue weighted by Crippen LogP contribution is -2.47. The van der Waals surface area contributed by atoms with Crippen LogP contribution < -0.4 is 5.73 Å². The first-order valence-corrected chi connectivity index (χ1v) is 13.3. The number of nitrogens with two attached hydrogens (primary N) is 1. The summed E-state index contributed by atoms with van der Waals surface area (Å²) < 4.78 is 1.55. The summed E-state index contributed by atoms with van der Waals surface area (Å²) in [4.78, 5) is 44.0. The number of aromatic nitrogens is 2. The third-order valence-electron chi connectivity index (χ3n) is 7.55. The average molecular weight is 525 g/mol. The van der Waals surface area contributed by atoms with Crippen LogP contribution in [0.3, 0.4) is 0 Å². The van der Waals surface area contributed by atoms with E-state index in [1.807, 2.05) is 50.4 Å². The first kappa shape index (κ1) is 24.7. The standard InChI is InChI=1S/C27H29ClN4O3S/c1-13-7-5-6-8-17(13)23(33)19-20(24-14(2)11-12-36-24)22(26(29)34)32(27(35)16-9-10-16)21(19)18-15(3)30-31(4)25(18)28/h5-8,11-12,16,19-22H,9-10H2,1-4H3,(H2,29,34). The maximum Gasteiger partial charge on any atom is 0.240 e. The molecule has 4 atom stereocenters. The minimum atomic E-state index is -0.978. The van der Waals surface area contributed by atoms with E-state index in [1.165, 1.54) is 11.3 Å². The highest BCUT2D eigenvalue weighted by Gasteiger charge is 2.60. The van der Waals surface area contributed by atoms with Gasteiger partial charge in [-0.2, -0.15) is 5.10 Å². The highest BCUT2D eigenvalue weighted by molar-refractivity contribution is 7.10. The van der Waals surface area contributed by atoms with Crippen molar-refractivity contribution in [1.82, 2.24) is 14.7 Å². The molecule has 188 valence electrons. The van der Waals surface area contributed by atoms with E-state index in [0.717, 1.165) is 28.8 Å². The Hall–Kier alpha value is -2.97. The van der Waals surface area contributed by atoms with Crippen LogP contribution >= 0.6 is 22.9 Å². The number of ketones is 1. The Kier molecular flexibility index (Phi) is 6.29. The topological polar surface area (TPSA) is 98.3 Å². The van der Waals surface area contributed by atoms with Gasteiger partial charge in [0.25, 0.3) is 0 Å². The zero-order valence-electron chi connectivity index (χ0n) is 20.7. The first-order chi connectivity index (χ1) is 17.1. The van der Waals surface area contributed by atoms with Crippen molar-refractivity contribution in [1.29, 1.82) is 0 Å². The number of nitrogens with zero attached hydrogens (tertiary/aromatic N) is 3. The first-order valence-electron chi connectivity index (χ1n) is 12.1. The molecular weight excluding hydrogens is 496 g/mol. The number of carbonyl (C=O) groups is 3. The van der Waals surface area contributed by atoms with Gasteiger partial charge in [0.15, 0.2) is 5.78 Å². The summed E-state index contributed by atoms with van der Waals surface area (Å²) in [5.41, 5.74) is 9.63. The Morgan fingerprint density at radius 1 is 1.08 bits per heavy atom. The number of Topliss-reactive ketones (excluding diaryl/α,β-unsaturated/α-hetero) is 1. The second-order valence-electron chi connectivity index (χ2n) is 9.92. The number of aryl methyl sites for hydroxylation is 4. The maximum absolute atomic E-state index is 14.5. The van der Waals surface area contributed by atoms with Gasteiger partial charge in [-0.05, 0) is 56.2 Å². The lowest BCUT2D eigenvalue weighted by Gasteiger charge is -2.31. The molecule has 0 bridgehead atoms. The summed E-state index contributed by atoms with van der Waals surface area (Å²) in [6.07, 6.45) is 1.51. The van der Waals surface area contributed by atoms with Crippen molar-refractivity contribution in [3.63, 3.8) is 0 Å². The molecule has 1 saturated heterocycles. The van der Waals surface area contributed by atoms with Crippen LogP contribution in [0.2, 0.25) is 5.15 Å². The van der Waals surface area contributed by atoms with Gasteiger partial charge >= 0.3 is 0 Å². The van der Waals surface area contributed by atoms with Gasteiger partial charge in [-0.25, -0.2) is 0 Å². The Bertz CT molecular complexity index is 1380. The predicted octanol–water partition coefficient (Wildman–Crippen LogP) is 4.49. The molecule has 0 radical (unpaired) electrons. The van der Waals surface area contributed by atoms with Gasteiger partial charge in [0.1, 0.15) is 11.2 Å². The summed E-state index contributed by atoms with van der Waals surface area (Å²) in [5.74, 6) is -2.44. The molecule has 4 unspecified atom stereocenters.